The summed E-state index contributed by atoms with van der Waals surface area (Å²) in [6.07, 6.45) is 3.84. The van der Waals surface area contributed by atoms with E-state index in [1.54, 1.807) is 6.26 Å². The smallest absolute Gasteiger partial charge is 0.130 e. The molecule has 0 aromatic heterocycles. The van der Waals surface area contributed by atoms with Gasteiger partial charge in [-0.25, -0.2) is 0 Å². The van der Waals surface area contributed by atoms with E-state index >= 15 is 0 Å². The van der Waals surface area contributed by atoms with Gasteiger partial charge in [-0.2, -0.15) is 0 Å². The zero-order valence-corrected chi connectivity index (χ0v) is 7.37. The molecule has 0 bridgehead atoms. The van der Waals surface area contributed by atoms with Crippen LogP contribution in [-0.4, -0.2) is 0 Å². The largest absolute Gasteiger partial charge is 0.465 e. The summed E-state index contributed by atoms with van der Waals surface area (Å²) in [4.78, 5) is 0. The summed E-state index contributed by atoms with van der Waals surface area (Å²) in [5.74, 6) is 0.977. The first kappa shape index (κ1) is 7.41. The molecule has 0 atom stereocenters. The Morgan fingerprint density at radius 2 is 1.92 bits per heavy atom. The molecule has 0 fully saturated rings. The first-order chi connectivity index (χ1) is 5.70. The van der Waals surface area contributed by atoms with E-state index in [4.69, 9.17) is 4.74 Å². The van der Waals surface area contributed by atoms with E-state index in [0.717, 1.165) is 5.75 Å². The molecule has 1 aliphatic rings. The van der Waals surface area contributed by atoms with Crippen LogP contribution >= 0.6 is 0 Å². The maximum atomic E-state index is 5.38. The van der Waals surface area contributed by atoms with Crippen LogP contribution in [-0.2, 0) is 5.41 Å². The van der Waals surface area contributed by atoms with Crippen LogP contribution in [0.15, 0.2) is 36.6 Å². The second kappa shape index (κ2) is 2.37. The van der Waals surface area contributed by atoms with E-state index < -0.39 is 0 Å². The molecule has 62 valence electrons. The average molecular weight is 160 g/mol. The number of benzene rings is 1. The van der Waals surface area contributed by atoms with Crippen molar-refractivity contribution in [2.75, 3.05) is 0 Å². The van der Waals surface area contributed by atoms with Gasteiger partial charge in [0.05, 0.1) is 6.26 Å². The lowest BCUT2D eigenvalue weighted by Gasteiger charge is -2.26. The topological polar surface area (TPSA) is 9.23 Å². The van der Waals surface area contributed by atoms with Gasteiger partial charge in [-0.1, -0.05) is 32.0 Å². The predicted octanol–water partition coefficient (Wildman–Crippen LogP) is 2.87. The molecule has 0 unspecified atom stereocenters. The molecular formula is C11H12O. The van der Waals surface area contributed by atoms with Gasteiger partial charge in [-0.3, -0.25) is 0 Å². The fourth-order valence-corrected chi connectivity index (χ4v) is 1.47. The van der Waals surface area contributed by atoms with Crippen molar-refractivity contribution in [1.29, 1.82) is 0 Å². The molecule has 1 heteroatoms. The van der Waals surface area contributed by atoms with Crippen molar-refractivity contribution in [3.8, 4) is 5.75 Å². The molecule has 0 saturated carbocycles. The molecule has 1 heterocycles. The third-order valence-electron chi connectivity index (χ3n) is 2.26. The van der Waals surface area contributed by atoms with E-state index in [0.29, 0.717) is 0 Å². The summed E-state index contributed by atoms with van der Waals surface area (Å²) >= 11 is 0. The summed E-state index contributed by atoms with van der Waals surface area (Å²) in [5, 5.41) is 0. The molecular weight excluding hydrogens is 148 g/mol. The van der Waals surface area contributed by atoms with E-state index in [9.17, 15) is 0 Å². The second-order valence-electron chi connectivity index (χ2n) is 3.64. The Morgan fingerprint density at radius 1 is 1.17 bits per heavy atom. The van der Waals surface area contributed by atoms with Gasteiger partial charge in [0, 0.05) is 11.0 Å². The summed E-state index contributed by atoms with van der Waals surface area (Å²) < 4.78 is 5.38. The Bertz CT molecular complexity index is 324. The Morgan fingerprint density at radius 3 is 2.67 bits per heavy atom. The normalized spacial score (nSPS) is 18.2. The van der Waals surface area contributed by atoms with E-state index in [-0.39, 0.29) is 5.41 Å². The minimum atomic E-state index is 0.106. The van der Waals surface area contributed by atoms with Gasteiger partial charge >= 0.3 is 0 Å². The minimum absolute atomic E-state index is 0.106. The Kier molecular flexibility index (Phi) is 1.47. The van der Waals surface area contributed by atoms with E-state index in [1.807, 2.05) is 18.2 Å². The minimum Gasteiger partial charge on any atom is -0.465 e. The lowest BCUT2D eigenvalue weighted by atomic mass is 9.83. The molecule has 2 rings (SSSR count). The monoisotopic (exact) mass is 160 g/mol. The van der Waals surface area contributed by atoms with Crippen LogP contribution in [0.2, 0.25) is 0 Å². The third kappa shape index (κ3) is 1.02. The van der Waals surface area contributed by atoms with Crippen molar-refractivity contribution in [2.45, 2.75) is 19.3 Å². The highest BCUT2D eigenvalue weighted by Crippen LogP contribution is 2.35. The van der Waals surface area contributed by atoms with Gasteiger partial charge in [0.15, 0.2) is 0 Å². The molecule has 1 aromatic carbocycles. The number of allylic oxidation sites excluding steroid dienone is 1. The lowest BCUT2D eigenvalue weighted by Crippen LogP contribution is -2.18. The van der Waals surface area contributed by atoms with Crippen molar-refractivity contribution < 1.29 is 4.74 Å². The number of para-hydroxylation sites is 1. The van der Waals surface area contributed by atoms with Gasteiger partial charge in [-0.05, 0) is 12.1 Å². The fourth-order valence-electron chi connectivity index (χ4n) is 1.47. The van der Waals surface area contributed by atoms with Crippen molar-refractivity contribution in [3.63, 3.8) is 0 Å². The molecule has 0 amide bonds. The molecule has 1 aromatic rings. The maximum absolute atomic E-state index is 5.38. The highest BCUT2D eigenvalue weighted by molar-refractivity contribution is 5.43. The van der Waals surface area contributed by atoms with E-state index in [2.05, 4.69) is 26.0 Å². The van der Waals surface area contributed by atoms with Crippen molar-refractivity contribution in [2.24, 2.45) is 0 Å². The molecule has 1 aliphatic heterocycles. The van der Waals surface area contributed by atoms with Crippen LogP contribution in [0.25, 0.3) is 0 Å². The predicted molar refractivity (Wildman–Crippen MR) is 49.2 cm³/mol. The van der Waals surface area contributed by atoms with E-state index in [1.165, 1.54) is 5.56 Å². The van der Waals surface area contributed by atoms with Crippen molar-refractivity contribution in [1.82, 2.24) is 0 Å². The standard InChI is InChI=1S/C11H12O/c1-11(2)7-8-12-10-6-4-3-5-9(10)11/h3-8H,1-2H3. The van der Waals surface area contributed by atoms with Gasteiger partial charge in [0.1, 0.15) is 5.75 Å². The number of ether oxygens (including phenoxy) is 1. The Balaban J connectivity index is 2.58. The summed E-state index contributed by atoms with van der Waals surface area (Å²) in [6.45, 7) is 4.37. The molecule has 0 saturated heterocycles. The van der Waals surface area contributed by atoms with Crippen LogP contribution in [0.5, 0.6) is 5.75 Å². The molecule has 0 aliphatic carbocycles. The van der Waals surface area contributed by atoms with Gasteiger partial charge < -0.3 is 4.74 Å². The number of hydrogen-bond acceptors (Lipinski definition) is 1. The van der Waals surface area contributed by atoms with Crippen LogP contribution in [0.1, 0.15) is 19.4 Å². The average Bonchev–Trinajstić information content (AvgIpc) is 2.04. The molecule has 1 nitrogen and oxygen atoms in total. The SMILES string of the molecule is CC1(C)C=COc2ccccc21. The first-order valence-corrected chi connectivity index (χ1v) is 4.14. The van der Waals surface area contributed by atoms with Crippen LogP contribution in [0.4, 0.5) is 0 Å². The summed E-state index contributed by atoms with van der Waals surface area (Å²) in [7, 11) is 0. The number of fused-ring (bicyclic) bond motifs is 1. The first-order valence-electron chi connectivity index (χ1n) is 4.14. The highest BCUT2D eigenvalue weighted by Gasteiger charge is 2.23. The zero-order chi connectivity index (χ0) is 8.60. The molecule has 12 heavy (non-hydrogen) atoms. The molecule has 0 spiro atoms. The van der Waals surface area contributed by atoms with Crippen LogP contribution in [0.3, 0.4) is 0 Å². The van der Waals surface area contributed by atoms with Gasteiger partial charge in [0.2, 0.25) is 0 Å². The Hall–Kier alpha value is -1.24. The van der Waals surface area contributed by atoms with Crippen molar-refractivity contribution >= 4 is 0 Å². The third-order valence-corrected chi connectivity index (χ3v) is 2.26. The van der Waals surface area contributed by atoms with Crippen molar-refractivity contribution in [3.05, 3.63) is 42.2 Å². The molecule has 0 N–H and O–H groups in total. The summed E-state index contributed by atoms with van der Waals surface area (Å²) in [6, 6.07) is 8.15. The van der Waals surface area contributed by atoms with Crippen LogP contribution < -0.4 is 4.74 Å². The number of rotatable bonds is 0. The van der Waals surface area contributed by atoms with Gasteiger partial charge in [-0.15, -0.1) is 0 Å². The Labute approximate surface area is 72.7 Å². The highest BCUT2D eigenvalue weighted by atomic mass is 16.5. The number of hydrogen-bond donors (Lipinski definition) is 0. The fraction of sp³-hybridized carbons (Fsp3) is 0.273. The second-order valence-corrected chi connectivity index (χ2v) is 3.64. The maximum Gasteiger partial charge on any atom is 0.130 e. The molecule has 0 radical (unpaired) electrons. The zero-order valence-electron chi connectivity index (χ0n) is 7.37. The summed E-state index contributed by atoms with van der Waals surface area (Å²) in [5.41, 5.74) is 1.36. The quantitative estimate of drug-likeness (QED) is 0.567. The van der Waals surface area contributed by atoms with Gasteiger partial charge in [0.25, 0.3) is 0 Å². The lowest BCUT2D eigenvalue weighted by molar-refractivity contribution is 0.431. The van der Waals surface area contributed by atoms with Crippen LogP contribution in [0, 0.1) is 0 Å².